The van der Waals surface area contributed by atoms with Crippen LogP contribution in [-0.2, 0) is 4.74 Å². The second-order valence-corrected chi connectivity index (χ2v) is 8.01. The van der Waals surface area contributed by atoms with E-state index in [2.05, 4.69) is 59.2 Å². The molecule has 0 bridgehead atoms. The van der Waals surface area contributed by atoms with Gasteiger partial charge in [0.05, 0.1) is 13.2 Å². The molecule has 128 valence electrons. The van der Waals surface area contributed by atoms with Gasteiger partial charge in [-0.15, -0.1) is 0 Å². The molecular weight excluding hydrogens is 304 g/mol. The van der Waals surface area contributed by atoms with E-state index in [-0.39, 0.29) is 0 Å². The van der Waals surface area contributed by atoms with E-state index in [1.165, 1.54) is 29.9 Å². The maximum atomic E-state index is 5.54. The van der Waals surface area contributed by atoms with Gasteiger partial charge in [-0.2, -0.15) is 11.8 Å². The average Bonchev–Trinajstić information content (AvgIpc) is 3.10. The van der Waals surface area contributed by atoms with Crippen molar-refractivity contribution in [1.29, 1.82) is 0 Å². The van der Waals surface area contributed by atoms with Crippen LogP contribution in [0.1, 0.15) is 31.2 Å². The van der Waals surface area contributed by atoms with Crippen LogP contribution in [0.3, 0.4) is 0 Å². The van der Waals surface area contributed by atoms with Crippen molar-refractivity contribution in [3.05, 3.63) is 35.9 Å². The molecule has 0 amide bonds. The molecule has 1 aromatic rings. The maximum absolute atomic E-state index is 5.54. The lowest BCUT2D eigenvalue weighted by molar-refractivity contribution is -0.0132. The zero-order valence-electron chi connectivity index (χ0n) is 14.3. The number of morpholine rings is 1. The van der Waals surface area contributed by atoms with Gasteiger partial charge in [0.2, 0.25) is 0 Å². The molecule has 0 aromatic heterocycles. The average molecular weight is 335 g/mol. The number of rotatable bonds is 7. The van der Waals surface area contributed by atoms with Crippen LogP contribution >= 0.6 is 11.8 Å². The molecule has 2 aliphatic rings. The molecule has 2 aliphatic heterocycles. The van der Waals surface area contributed by atoms with Crippen LogP contribution in [0.15, 0.2) is 30.3 Å². The molecule has 0 radical (unpaired) electrons. The highest BCUT2D eigenvalue weighted by atomic mass is 32.2. The third-order valence-corrected chi connectivity index (χ3v) is 6.58. The summed E-state index contributed by atoms with van der Waals surface area (Å²) >= 11 is 2.11. The second kappa shape index (κ2) is 8.52. The lowest BCUT2D eigenvalue weighted by Gasteiger charge is -2.43. The van der Waals surface area contributed by atoms with Crippen molar-refractivity contribution in [2.24, 2.45) is 0 Å². The Bertz CT molecular complexity index is 456. The summed E-state index contributed by atoms with van der Waals surface area (Å²) < 4.78 is 5.54. The highest BCUT2D eigenvalue weighted by Gasteiger charge is 2.40. The van der Waals surface area contributed by atoms with Gasteiger partial charge in [-0.05, 0) is 36.6 Å². The van der Waals surface area contributed by atoms with Gasteiger partial charge in [-0.3, -0.25) is 4.90 Å². The Kier molecular flexibility index (Phi) is 6.40. The zero-order chi connectivity index (χ0) is 16.0. The predicted octanol–water partition coefficient (Wildman–Crippen LogP) is 2.98. The van der Waals surface area contributed by atoms with Gasteiger partial charge in [0.25, 0.3) is 0 Å². The van der Waals surface area contributed by atoms with Crippen molar-refractivity contribution in [3.8, 4) is 0 Å². The third-order valence-electron chi connectivity index (χ3n) is 5.34. The van der Waals surface area contributed by atoms with Crippen molar-refractivity contribution in [2.75, 3.05) is 50.9 Å². The van der Waals surface area contributed by atoms with E-state index < -0.39 is 0 Å². The van der Waals surface area contributed by atoms with E-state index >= 15 is 0 Å². The Morgan fingerprint density at radius 3 is 2.74 bits per heavy atom. The van der Waals surface area contributed by atoms with Gasteiger partial charge >= 0.3 is 0 Å². The quantitative estimate of drug-likeness (QED) is 0.775. The molecular formula is C19H30N2OS. The van der Waals surface area contributed by atoms with Gasteiger partial charge in [0.1, 0.15) is 0 Å². The van der Waals surface area contributed by atoms with Crippen LogP contribution in [0.2, 0.25) is 0 Å². The summed E-state index contributed by atoms with van der Waals surface area (Å²) in [6.45, 7) is 8.56. The van der Waals surface area contributed by atoms with Gasteiger partial charge in [-0.25, -0.2) is 0 Å². The number of thioether (sulfide) groups is 1. The van der Waals surface area contributed by atoms with Crippen molar-refractivity contribution < 1.29 is 4.74 Å². The summed E-state index contributed by atoms with van der Waals surface area (Å²) in [6, 6.07) is 10.9. The standard InChI is InChI=1S/C19H30N2OS/c1-17(18-5-3-2-4-6-18)7-9-20-15-19(8-14-23-16-19)21-10-12-22-13-11-21/h2-6,17,20H,7-16H2,1H3. The Labute approximate surface area is 145 Å². The molecule has 2 unspecified atom stereocenters. The van der Waals surface area contributed by atoms with Crippen molar-refractivity contribution in [2.45, 2.75) is 31.2 Å². The molecule has 0 saturated carbocycles. The second-order valence-electron chi connectivity index (χ2n) is 6.90. The Morgan fingerprint density at radius 1 is 1.26 bits per heavy atom. The molecule has 1 aromatic carbocycles. The molecule has 2 atom stereocenters. The van der Waals surface area contributed by atoms with Crippen LogP contribution in [0.25, 0.3) is 0 Å². The largest absolute Gasteiger partial charge is 0.379 e. The van der Waals surface area contributed by atoms with Crippen molar-refractivity contribution in [3.63, 3.8) is 0 Å². The van der Waals surface area contributed by atoms with E-state index in [0.29, 0.717) is 11.5 Å². The van der Waals surface area contributed by atoms with Gasteiger partial charge < -0.3 is 10.1 Å². The lowest BCUT2D eigenvalue weighted by atomic mass is 9.94. The fraction of sp³-hybridized carbons (Fsp3) is 0.684. The maximum Gasteiger partial charge on any atom is 0.0594 e. The molecule has 0 aliphatic carbocycles. The molecule has 1 N–H and O–H groups in total. The molecule has 2 fully saturated rings. The van der Waals surface area contributed by atoms with Gasteiger partial charge in [0.15, 0.2) is 0 Å². The first-order valence-corrected chi connectivity index (χ1v) is 10.1. The summed E-state index contributed by atoms with van der Waals surface area (Å²) in [4.78, 5) is 2.68. The topological polar surface area (TPSA) is 24.5 Å². The molecule has 3 rings (SSSR count). The van der Waals surface area contributed by atoms with Crippen LogP contribution < -0.4 is 5.32 Å². The fourth-order valence-electron chi connectivity index (χ4n) is 3.72. The van der Waals surface area contributed by atoms with E-state index in [1.54, 1.807) is 0 Å². The highest BCUT2D eigenvalue weighted by Crippen LogP contribution is 2.33. The Morgan fingerprint density at radius 2 is 2.04 bits per heavy atom. The Hall–Kier alpha value is -0.550. The number of benzene rings is 1. The van der Waals surface area contributed by atoms with Crippen molar-refractivity contribution in [1.82, 2.24) is 10.2 Å². The van der Waals surface area contributed by atoms with E-state index in [4.69, 9.17) is 4.74 Å². The molecule has 3 nitrogen and oxygen atoms in total. The number of ether oxygens (including phenoxy) is 1. The van der Waals surface area contributed by atoms with Crippen LogP contribution in [0.4, 0.5) is 0 Å². The minimum absolute atomic E-state index is 0.366. The normalized spacial score (nSPS) is 27.2. The summed E-state index contributed by atoms with van der Waals surface area (Å²) in [7, 11) is 0. The molecule has 2 saturated heterocycles. The number of nitrogens with one attached hydrogen (secondary N) is 1. The minimum atomic E-state index is 0.366. The minimum Gasteiger partial charge on any atom is -0.379 e. The van der Waals surface area contributed by atoms with E-state index in [9.17, 15) is 0 Å². The van der Waals surface area contributed by atoms with E-state index in [0.717, 1.165) is 39.4 Å². The zero-order valence-corrected chi connectivity index (χ0v) is 15.1. The highest BCUT2D eigenvalue weighted by molar-refractivity contribution is 7.99. The first kappa shape index (κ1) is 17.3. The summed E-state index contributed by atoms with van der Waals surface area (Å²) in [5.41, 5.74) is 1.82. The predicted molar refractivity (Wildman–Crippen MR) is 99.4 cm³/mol. The summed E-state index contributed by atoms with van der Waals surface area (Å²) in [6.07, 6.45) is 2.52. The molecule has 4 heteroatoms. The number of nitrogens with zero attached hydrogens (tertiary/aromatic N) is 1. The SMILES string of the molecule is CC(CCNCC1(N2CCOCC2)CCSC1)c1ccccc1. The van der Waals surface area contributed by atoms with Crippen LogP contribution in [0.5, 0.6) is 0 Å². The van der Waals surface area contributed by atoms with Crippen LogP contribution in [0, 0.1) is 0 Å². The third kappa shape index (κ3) is 4.50. The summed E-state index contributed by atoms with van der Waals surface area (Å²) in [5.74, 6) is 3.20. The smallest absolute Gasteiger partial charge is 0.0594 e. The van der Waals surface area contributed by atoms with E-state index in [1.807, 2.05) is 0 Å². The first-order chi connectivity index (χ1) is 11.3. The van der Waals surface area contributed by atoms with Crippen LogP contribution in [-0.4, -0.2) is 61.3 Å². The van der Waals surface area contributed by atoms with Gasteiger partial charge in [-0.1, -0.05) is 37.3 Å². The van der Waals surface area contributed by atoms with Gasteiger partial charge in [0, 0.05) is 30.9 Å². The molecule has 2 heterocycles. The summed E-state index contributed by atoms with van der Waals surface area (Å²) in [5, 5.41) is 3.77. The monoisotopic (exact) mass is 334 g/mol. The molecule has 0 spiro atoms. The lowest BCUT2D eigenvalue weighted by Crippen LogP contribution is -2.58. The fourth-order valence-corrected chi connectivity index (χ4v) is 5.20. The Balaban J connectivity index is 1.46. The molecule has 23 heavy (non-hydrogen) atoms. The first-order valence-electron chi connectivity index (χ1n) is 8.96. The number of hydrogen-bond donors (Lipinski definition) is 1. The van der Waals surface area contributed by atoms with Crippen molar-refractivity contribution >= 4 is 11.8 Å². The number of hydrogen-bond acceptors (Lipinski definition) is 4.